The van der Waals surface area contributed by atoms with Crippen LogP contribution in [0.25, 0.3) is 0 Å². The molecule has 1 rings (SSSR count). The normalized spacial score (nSPS) is 22.5. The van der Waals surface area contributed by atoms with Gasteiger partial charge in [-0.2, -0.15) is 0 Å². The van der Waals surface area contributed by atoms with E-state index in [1.165, 1.54) is 18.7 Å². The van der Waals surface area contributed by atoms with Crippen LogP contribution in [0.4, 0.5) is 0 Å². The standard InChI is InChI=1S/C11H18N2O3S/c1-6(14)9(12-4)11(2,3)17-7-5-8(15)13-10(7)16/h7,9,12H,5H2,1-4H3,(H,13,15,16)/t7?,9-/m1/s1. The van der Waals surface area contributed by atoms with Gasteiger partial charge in [-0.05, 0) is 27.8 Å². The van der Waals surface area contributed by atoms with Gasteiger partial charge in [0.05, 0.1) is 11.3 Å². The van der Waals surface area contributed by atoms with Crippen LogP contribution in [-0.2, 0) is 14.4 Å². The summed E-state index contributed by atoms with van der Waals surface area (Å²) >= 11 is 1.37. The number of amides is 2. The van der Waals surface area contributed by atoms with Crippen molar-refractivity contribution in [1.82, 2.24) is 10.6 Å². The van der Waals surface area contributed by atoms with Crippen LogP contribution in [0.2, 0.25) is 0 Å². The van der Waals surface area contributed by atoms with Crippen molar-refractivity contribution in [1.29, 1.82) is 0 Å². The quantitative estimate of drug-likeness (QED) is 0.684. The summed E-state index contributed by atoms with van der Waals surface area (Å²) in [7, 11) is 1.72. The van der Waals surface area contributed by atoms with Crippen molar-refractivity contribution in [2.75, 3.05) is 7.05 Å². The first kappa shape index (κ1) is 14.2. The molecule has 0 aromatic rings. The molecule has 0 spiro atoms. The van der Waals surface area contributed by atoms with E-state index in [4.69, 9.17) is 0 Å². The van der Waals surface area contributed by atoms with E-state index >= 15 is 0 Å². The number of nitrogens with one attached hydrogen (secondary N) is 2. The number of carbonyl (C=O) groups excluding carboxylic acids is 3. The summed E-state index contributed by atoms with van der Waals surface area (Å²) in [6, 6.07) is -0.337. The van der Waals surface area contributed by atoms with E-state index in [1.54, 1.807) is 7.05 Å². The molecule has 96 valence electrons. The zero-order valence-corrected chi connectivity index (χ0v) is 11.3. The van der Waals surface area contributed by atoms with Crippen molar-refractivity contribution >= 4 is 29.4 Å². The summed E-state index contributed by atoms with van der Waals surface area (Å²) in [5, 5.41) is 4.83. The SMILES string of the molecule is CN[C@H](C(C)=O)C(C)(C)SC1CC(=O)NC1=O. The van der Waals surface area contributed by atoms with Crippen molar-refractivity contribution in [2.24, 2.45) is 0 Å². The highest BCUT2D eigenvalue weighted by Crippen LogP contribution is 2.35. The summed E-state index contributed by atoms with van der Waals surface area (Å²) in [6.07, 6.45) is 0.196. The topological polar surface area (TPSA) is 75.3 Å². The molecule has 1 aliphatic rings. The van der Waals surface area contributed by atoms with Gasteiger partial charge in [-0.15, -0.1) is 11.8 Å². The maximum absolute atomic E-state index is 11.5. The first-order valence-corrected chi connectivity index (χ1v) is 6.35. The molecule has 0 saturated carbocycles. The number of thioether (sulfide) groups is 1. The number of rotatable bonds is 5. The molecule has 2 atom stereocenters. The number of imide groups is 1. The molecule has 0 aliphatic carbocycles. The van der Waals surface area contributed by atoms with Gasteiger partial charge in [0.15, 0.2) is 0 Å². The number of hydrogen-bond donors (Lipinski definition) is 2. The molecular formula is C11H18N2O3S. The van der Waals surface area contributed by atoms with Crippen LogP contribution in [0.15, 0.2) is 0 Å². The lowest BCUT2D eigenvalue weighted by Crippen LogP contribution is -2.49. The minimum Gasteiger partial charge on any atom is -0.309 e. The Bertz CT molecular complexity index is 355. The fourth-order valence-corrected chi connectivity index (χ4v) is 3.65. The first-order valence-electron chi connectivity index (χ1n) is 5.47. The van der Waals surface area contributed by atoms with Crippen LogP contribution >= 0.6 is 11.8 Å². The molecular weight excluding hydrogens is 240 g/mol. The Labute approximate surface area is 105 Å². The van der Waals surface area contributed by atoms with E-state index in [9.17, 15) is 14.4 Å². The highest BCUT2D eigenvalue weighted by atomic mass is 32.2. The van der Waals surface area contributed by atoms with Crippen LogP contribution < -0.4 is 10.6 Å². The van der Waals surface area contributed by atoms with Crippen LogP contribution in [0, 0.1) is 0 Å². The maximum Gasteiger partial charge on any atom is 0.240 e. The number of likely N-dealkylation sites (N-methyl/N-ethyl adjacent to an activating group) is 1. The monoisotopic (exact) mass is 258 g/mol. The Kier molecular flexibility index (Phi) is 4.32. The first-order chi connectivity index (χ1) is 7.77. The number of ketones is 1. The van der Waals surface area contributed by atoms with E-state index < -0.39 is 10.00 Å². The van der Waals surface area contributed by atoms with Crippen molar-refractivity contribution in [3.8, 4) is 0 Å². The van der Waals surface area contributed by atoms with Crippen molar-refractivity contribution in [3.63, 3.8) is 0 Å². The largest absolute Gasteiger partial charge is 0.309 e. The second-order valence-corrected chi connectivity index (χ2v) is 6.52. The minimum atomic E-state index is -0.437. The third-order valence-corrected chi connectivity index (χ3v) is 4.27. The van der Waals surface area contributed by atoms with Gasteiger partial charge in [0, 0.05) is 11.2 Å². The van der Waals surface area contributed by atoms with E-state index in [1.807, 2.05) is 13.8 Å². The molecule has 1 aliphatic heterocycles. The molecule has 0 aromatic carbocycles. The number of Topliss-reactive ketones (excluding diaryl/α,β-unsaturated/α-hetero) is 1. The summed E-state index contributed by atoms with van der Waals surface area (Å²) in [6.45, 7) is 5.32. The van der Waals surface area contributed by atoms with E-state index in [0.29, 0.717) is 0 Å². The van der Waals surface area contributed by atoms with Gasteiger partial charge >= 0.3 is 0 Å². The van der Waals surface area contributed by atoms with Gasteiger partial charge in [-0.25, -0.2) is 0 Å². The molecule has 0 aromatic heterocycles. The van der Waals surface area contributed by atoms with Crippen molar-refractivity contribution in [3.05, 3.63) is 0 Å². The Hall–Kier alpha value is -0.880. The van der Waals surface area contributed by atoms with Crippen LogP contribution in [-0.4, -0.2) is 40.7 Å². The Morgan fingerprint density at radius 2 is 2.12 bits per heavy atom. The maximum atomic E-state index is 11.5. The molecule has 17 heavy (non-hydrogen) atoms. The van der Waals surface area contributed by atoms with Gasteiger partial charge in [0.25, 0.3) is 0 Å². The second-order valence-electron chi connectivity index (χ2n) is 4.66. The molecule has 1 heterocycles. The van der Waals surface area contributed by atoms with Crippen molar-refractivity contribution < 1.29 is 14.4 Å². The Balaban J connectivity index is 2.75. The fraction of sp³-hybridized carbons (Fsp3) is 0.727. The summed E-state index contributed by atoms with van der Waals surface area (Å²) < 4.78 is -0.437. The van der Waals surface area contributed by atoms with Crippen molar-refractivity contribution in [2.45, 2.75) is 43.2 Å². The van der Waals surface area contributed by atoms with E-state index in [2.05, 4.69) is 10.6 Å². The highest BCUT2D eigenvalue weighted by Gasteiger charge is 2.40. The van der Waals surface area contributed by atoms with Gasteiger partial charge in [0.2, 0.25) is 11.8 Å². The van der Waals surface area contributed by atoms with Crippen LogP contribution in [0.3, 0.4) is 0 Å². The van der Waals surface area contributed by atoms with Gasteiger partial charge in [-0.3, -0.25) is 19.7 Å². The lowest BCUT2D eigenvalue weighted by Gasteiger charge is -2.33. The third-order valence-electron chi connectivity index (χ3n) is 2.76. The summed E-state index contributed by atoms with van der Waals surface area (Å²) in [5.41, 5.74) is 0. The van der Waals surface area contributed by atoms with Crippen LogP contribution in [0.5, 0.6) is 0 Å². The molecule has 1 unspecified atom stereocenters. The zero-order chi connectivity index (χ0) is 13.2. The molecule has 5 nitrogen and oxygen atoms in total. The van der Waals surface area contributed by atoms with E-state index in [0.717, 1.165) is 0 Å². The van der Waals surface area contributed by atoms with Gasteiger partial charge in [-0.1, -0.05) is 0 Å². The Morgan fingerprint density at radius 1 is 1.53 bits per heavy atom. The minimum absolute atomic E-state index is 0.0229. The smallest absolute Gasteiger partial charge is 0.240 e. The van der Waals surface area contributed by atoms with Gasteiger partial charge < -0.3 is 5.32 Å². The number of hydrogen-bond acceptors (Lipinski definition) is 5. The molecule has 0 radical (unpaired) electrons. The summed E-state index contributed by atoms with van der Waals surface area (Å²) in [5.74, 6) is -0.478. The second kappa shape index (κ2) is 5.18. The molecule has 1 fully saturated rings. The van der Waals surface area contributed by atoms with Gasteiger partial charge in [0.1, 0.15) is 5.78 Å². The molecule has 0 bridgehead atoms. The molecule has 2 N–H and O–H groups in total. The average molecular weight is 258 g/mol. The lowest BCUT2D eigenvalue weighted by molar-refractivity contribution is -0.125. The molecule has 1 saturated heterocycles. The predicted octanol–water partition coefficient (Wildman–Crippen LogP) is 0.0903. The summed E-state index contributed by atoms with van der Waals surface area (Å²) in [4.78, 5) is 34.1. The predicted molar refractivity (Wildman–Crippen MR) is 66.8 cm³/mol. The fourth-order valence-electron chi connectivity index (χ4n) is 2.10. The third kappa shape index (κ3) is 3.29. The van der Waals surface area contributed by atoms with Crippen LogP contribution in [0.1, 0.15) is 27.2 Å². The lowest BCUT2D eigenvalue weighted by atomic mass is 10.00. The molecule has 2 amide bonds. The van der Waals surface area contributed by atoms with E-state index in [-0.39, 0.29) is 30.1 Å². The average Bonchev–Trinajstić information content (AvgIpc) is 2.43. The zero-order valence-electron chi connectivity index (χ0n) is 10.5. The highest BCUT2D eigenvalue weighted by molar-refractivity contribution is 8.02. The Morgan fingerprint density at radius 3 is 2.47 bits per heavy atom. The molecule has 6 heteroatoms. The number of carbonyl (C=O) groups is 3.